The molecular formula is C27H33N7O4S. The summed E-state index contributed by atoms with van der Waals surface area (Å²) in [6.07, 6.45) is 8.53. The Kier molecular flexibility index (Phi) is 6.98. The molecule has 1 unspecified atom stereocenters. The van der Waals surface area contributed by atoms with Crippen LogP contribution in [0.5, 0.6) is 0 Å². The summed E-state index contributed by atoms with van der Waals surface area (Å²) in [6, 6.07) is 7.44. The molecule has 2 atom stereocenters. The average molecular weight is 552 g/mol. The van der Waals surface area contributed by atoms with Gasteiger partial charge in [-0.05, 0) is 56.7 Å². The second-order valence-corrected chi connectivity index (χ2v) is 12.3. The molecular weight excluding hydrogens is 518 g/mol. The van der Waals surface area contributed by atoms with E-state index in [1.54, 1.807) is 40.3 Å². The summed E-state index contributed by atoms with van der Waals surface area (Å²) in [5.41, 5.74) is 1.09. The number of sulfonamides is 1. The molecule has 3 aromatic rings. The number of rotatable bonds is 6. The number of aromatic nitrogens is 3. The van der Waals surface area contributed by atoms with E-state index in [0.717, 1.165) is 31.1 Å². The van der Waals surface area contributed by atoms with Crippen LogP contribution in [0.2, 0.25) is 0 Å². The molecule has 3 aliphatic heterocycles. The zero-order valence-corrected chi connectivity index (χ0v) is 22.6. The zero-order valence-electron chi connectivity index (χ0n) is 21.8. The Morgan fingerprint density at radius 1 is 0.872 bits per heavy atom. The van der Waals surface area contributed by atoms with E-state index in [-0.39, 0.29) is 16.7 Å². The summed E-state index contributed by atoms with van der Waals surface area (Å²) in [7, 11) is -3.68. The van der Waals surface area contributed by atoms with E-state index < -0.39 is 22.1 Å². The van der Waals surface area contributed by atoms with Crippen LogP contribution in [0.3, 0.4) is 0 Å². The van der Waals surface area contributed by atoms with Gasteiger partial charge in [-0.3, -0.25) is 14.5 Å². The molecule has 39 heavy (non-hydrogen) atoms. The molecule has 0 aliphatic carbocycles. The minimum atomic E-state index is -3.68. The van der Waals surface area contributed by atoms with Crippen LogP contribution in [0.15, 0.2) is 47.8 Å². The van der Waals surface area contributed by atoms with Gasteiger partial charge < -0.3 is 15.2 Å². The molecule has 3 saturated heterocycles. The molecule has 2 aromatic heterocycles. The molecule has 0 spiro atoms. The van der Waals surface area contributed by atoms with Crippen LogP contribution in [-0.4, -0.2) is 82.7 Å². The van der Waals surface area contributed by atoms with Gasteiger partial charge in [0.1, 0.15) is 34.8 Å². The maximum absolute atomic E-state index is 13.8. The first-order chi connectivity index (χ1) is 18.9. The van der Waals surface area contributed by atoms with Crippen molar-refractivity contribution in [2.45, 2.75) is 61.9 Å². The van der Waals surface area contributed by atoms with Crippen molar-refractivity contribution in [1.29, 1.82) is 0 Å². The van der Waals surface area contributed by atoms with Gasteiger partial charge in [0, 0.05) is 32.4 Å². The van der Waals surface area contributed by atoms with Gasteiger partial charge in [0.05, 0.1) is 11.1 Å². The number of hydrogen-bond acceptors (Lipinski definition) is 7. The Morgan fingerprint density at radius 2 is 1.67 bits per heavy atom. The lowest BCUT2D eigenvalue weighted by molar-refractivity contribution is -0.143. The number of aromatic amines is 1. The monoisotopic (exact) mass is 551 g/mol. The van der Waals surface area contributed by atoms with Gasteiger partial charge in [0.2, 0.25) is 15.9 Å². The quantitative estimate of drug-likeness (QED) is 0.482. The van der Waals surface area contributed by atoms with Gasteiger partial charge in [-0.15, -0.1) is 0 Å². The fourth-order valence-electron chi connectivity index (χ4n) is 6.02. The Hall–Kier alpha value is -3.51. The highest BCUT2D eigenvalue weighted by Gasteiger charge is 2.41. The predicted molar refractivity (Wildman–Crippen MR) is 147 cm³/mol. The lowest BCUT2D eigenvalue weighted by atomic mass is 9.97. The number of carbonyl (C=O) groups excluding carboxylic acids is 2. The van der Waals surface area contributed by atoms with Crippen LogP contribution in [0.25, 0.3) is 11.0 Å². The highest BCUT2D eigenvalue weighted by Crippen LogP contribution is 2.31. The molecule has 2 amide bonds. The first-order valence-corrected chi connectivity index (χ1v) is 15.1. The summed E-state index contributed by atoms with van der Waals surface area (Å²) in [5, 5.41) is 4.01. The van der Waals surface area contributed by atoms with Crippen molar-refractivity contribution in [3.05, 3.63) is 42.9 Å². The largest absolute Gasteiger partial charge is 0.373 e. The number of likely N-dealkylation sites (tertiary alicyclic amines) is 1. The fraction of sp³-hybridized carbons (Fsp3) is 0.481. The number of anilines is 2. The van der Waals surface area contributed by atoms with Crippen LogP contribution < -0.4 is 10.2 Å². The minimum absolute atomic E-state index is 0.149. The standard InChI is InChI=1S/C27H33N7O4S/c35-26-21(31-20-8-2-3-11-23(20)39(37,38)32-14-4-1-5-15-32)9-6-16-33(26)22-10-7-17-34(27(22)36)25-19-12-13-28-24(19)29-18-30-25/h2-3,8,11-13,18,21-22,31H,1,4-7,9-10,14-17H2,(H,28,29,30)/t21?,22-/m1/s1. The van der Waals surface area contributed by atoms with Crippen LogP contribution in [0, 0.1) is 0 Å². The van der Waals surface area contributed by atoms with Crippen molar-refractivity contribution in [2.24, 2.45) is 0 Å². The summed E-state index contributed by atoms with van der Waals surface area (Å²) in [5.74, 6) is 0.220. The van der Waals surface area contributed by atoms with Crippen molar-refractivity contribution in [3.8, 4) is 0 Å². The highest BCUT2D eigenvalue weighted by atomic mass is 32.2. The maximum atomic E-state index is 13.8. The first kappa shape index (κ1) is 25.8. The van der Waals surface area contributed by atoms with Crippen molar-refractivity contribution in [3.63, 3.8) is 0 Å². The van der Waals surface area contributed by atoms with Gasteiger partial charge in [-0.1, -0.05) is 18.6 Å². The van der Waals surface area contributed by atoms with E-state index in [0.29, 0.717) is 62.6 Å². The van der Waals surface area contributed by atoms with E-state index in [1.165, 1.54) is 10.6 Å². The van der Waals surface area contributed by atoms with E-state index in [1.807, 2.05) is 6.07 Å². The minimum Gasteiger partial charge on any atom is -0.373 e. The number of nitrogens with zero attached hydrogens (tertiary/aromatic N) is 5. The molecule has 3 aliphatic rings. The van der Waals surface area contributed by atoms with Gasteiger partial charge in [0.15, 0.2) is 0 Å². The third-order valence-electron chi connectivity index (χ3n) is 8.00. The molecule has 2 N–H and O–H groups in total. The Balaban J connectivity index is 1.22. The van der Waals surface area contributed by atoms with Crippen molar-refractivity contribution in [2.75, 3.05) is 36.4 Å². The van der Waals surface area contributed by atoms with E-state index in [9.17, 15) is 18.0 Å². The Bertz CT molecular complexity index is 1480. The van der Waals surface area contributed by atoms with Gasteiger partial charge in [-0.2, -0.15) is 4.31 Å². The number of hydrogen-bond donors (Lipinski definition) is 2. The van der Waals surface area contributed by atoms with Crippen LogP contribution in [-0.2, 0) is 19.6 Å². The van der Waals surface area contributed by atoms with Crippen LogP contribution >= 0.6 is 0 Å². The maximum Gasteiger partial charge on any atom is 0.250 e. The number of nitrogens with one attached hydrogen (secondary N) is 2. The number of H-pyrrole nitrogens is 1. The molecule has 0 bridgehead atoms. The average Bonchev–Trinajstić information content (AvgIpc) is 3.45. The third kappa shape index (κ3) is 4.76. The number of carbonyl (C=O) groups is 2. The SMILES string of the molecule is O=C1[C@H](N2CCCC(Nc3ccccc3S(=O)(=O)N3CCCCC3)C2=O)CCCN1c1ncnc2[nH]ccc12. The van der Waals surface area contributed by atoms with Crippen LogP contribution in [0.4, 0.5) is 11.5 Å². The molecule has 6 rings (SSSR count). The van der Waals surface area contributed by atoms with Crippen molar-refractivity contribution in [1.82, 2.24) is 24.2 Å². The van der Waals surface area contributed by atoms with E-state index in [2.05, 4.69) is 20.3 Å². The lowest BCUT2D eigenvalue weighted by Gasteiger charge is -2.42. The number of benzene rings is 1. The first-order valence-electron chi connectivity index (χ1n) is 13.7. The van der Waals surface area contributed by atoms with Gasteiger partial charge in [-0.25, -0.2) is 18.4 Å². The molecule has 3 fully saturated rings. The topological polar surface area (TPSA) is 132 Å². The molecule has 12 heteroatoms. The number of para-hydroxylation sites is 1. The molecule has 0 saturated carbocycles. The highest BCUT2D eigenvalue weighted by molar-refractivity contribution is 7.89. The van der Waals surface area contributed by atoms with Crippen molar-refractivity contribution >= 4 is 44.4 Å². The van der Waals surface area contributed by atoms with Crippen LogP contribution in [0.1, 0.15) is 44.9 Å². The van der Waals surface area contributed by atoms with Gasteiger partial charge >= 0.3 is 0 Å². The van der Waals surface area contributed by atoms with Crippen molar-refractivity contribution < 1.29 is 18.0 Å². The fourth-order valence-corrected chi connectivity index (χ4v) is 7.69. The summed E-state index contributed by atoms with van der Waals surface area (Å²) in [6.45, 7) is 2.03. The molecule has 206 valence electrons. The number of piperidine rings is 3. The zero-order chi connectivity index (χ0) is 27.0. The summed E-state index contributed by atoms with van der Waals surface area (Å²) in [4.78, 5) is 42.7. The molecule has 1 aromatic carbocycles. The van der Waals surface area contributed by atoms with Gasteiger partial charge in [0.25, 0.3) is 5.91 Å². The van der Waals surface area contributed by atoms with E-state index >= 15 is 0 Å². The molecule has 0 radical (unpaired) electrons. The van der Waals surface area contributed by atoms with E-state index in [4.69, 9.17) is 0 Å². The summed E-state index contributed by atoms with van der Waals surface area (Å²) < 4.78 is 28.5. The summed E-state index contributed by atoms with van der Waals surface area (Å²) >= 11 is 0. The smallest absolute Gasteiger partial charge is 0.250 e. The Morgan fingerprint density at radius 3 is 2.51 bits per heavy atom. The molecule has 11 nitrogen and oxygen atoms in total. The predicted octanol–water partition coefficient (Wildman–Crippen LogP) is 2.73. The molecule has 5 heterocycles. The normalized spacial score (nSPS) is 23.4. The third-order valence-corrected chi connectivity index (χ3v) is 9.95. The second-order valence-electron chi connectivity index (χ2n) is 10.4. The number of amides is 2. The Labute approximate surface area is 227 Å². The lowest BCUT2D eigenvalue weighted by Crippen LogP contribution is -2.59. The second kappa shape index (κ2) is 10.6. The number of fused-ring (bicyclic) bond motifs is 1.